The highest BCUT2D eigenvalue weighted by Crippen LogP contribution is 2.13. The molecule has 0 radical (unpaired) electrons. The Morgan fingerprint density at radius 3 is 0.785 bits per heavy atom. The minimum absolute atomic E-state index is 0.102. The predicted molar refractivity (Wildman–Crippen MR) is 343 cm³/mol. The van der Waals surface area contributed by atoms with Crippen LogP contribution in [0.5, 0.6) is 0 Å². The Kier molecular flexibility index (Phi) is 61.0. The third kappa shape index (κ3) is 63.5. The van der Waals surface area contributed by atoms with E-state index in [0.717, 1.165) is 154 Å². The van der Waals surface area contributed by atoms with E-state index in [4.69, 9.17) is 14.2 Å². The van der Waals surface area contributed by atoms with Crippen molar-refractivity contribution in [3.63, 3.8) is 0 Å². The first-order valence-corrected chi connectivity index (χ1v) is 31.6. The van der Waals surface area contributed by atoms with E-state index in [9.17, 15) is 14.4 Å². The van der Waals surface area contributed by atoms with Gasteiger partial charge in [-0.25, -0.2) is 0 Å². The Hall–Kier alpha value is -5.23. The molecule has 0 heterocycles. The van der Waals surface area contributed by atoms with Crippen molar-refractivity contribution in [3.05, 3.63) is 170 Å². The van der Waals surface area contributed by atoms with Gasteiger partial charge in [-0.3, -0.25) is 14.4 Å². The number of unbranched alkanes of at least 4 members (excludes halogenated alkanes) is 16. The molecule has 0 amide bonds. The van der Waals surface area contributed by atoms with E-state index in [1.165, 1.54) is 51.4 Å². The van der Waals surface area contributed by atoms with E-state index in [1.807, 2.05) is 0 Å². The second-order valence-electron chi connectivity index (χ2n) is 20.2. The number of carbonyl (C=O) groups excluding carboxylic acids is 3. The number of esters is 3. The smallest absolute Gasteiger partial charge is 0.306 e. The van der Waals surface area contributed by atoms with Crippen LogP contribution in [-0.4, -0.2) is 37.2 Å². The zero-order chi connectivity index (χ0) is 57.1. The van der Waals surface area contributed by atoms with Crippen molar-refractivity contribution in [1.29, 1.82) is 0 Å². The molecule has 0 saturated carbocycles. The number of allylic oxidation sites excluding steroid dienone is 28. The van der Waals surface area contributed by atoms with Crippen LogP contribution in [0.25, 0.3) is 0 Å². The Labute approximate surface area is 485 Å². The molecule has 0 saturated heterocycles. The molecule has 0 spiro atoms. The number of carbonyl (C=O) groups is 3. The number of hydrogen-bond donors (Lipinski definition) is 0. The molecule has 1 unspecified atom stereocenters. The molecule has 6 nitrogen and oxygen atoms in total. The van der Waals surface area contributed by atoms with Gasteiger partial charge in [0.05, 0.1) is 0 Å². The number of ether oxygens (including phenoxy) is 3. The molecule has 0 aliphatic heterocycles. The van der Waals surface area contributed by atoms with E-state index >= 15 is 0 Å². The molecule has 0 aromatic heterocycles. The Bertz CT molecular complexity index is 1820. The van der Waals surface area contributed by atoms with Crippen LogP contribution in [0.1, 0.15) is 252 Å². The lowest BCUT2D eigenvalue weighted by molar-refractivity contribution is -0.167. The fourth-order valence-electron chi connectivity index (χ4n) is 8.05. The summed E-state index contributed by atoms with van der Waals surface area (Å²) < 4.78 is 16.8. The molecule has 0 N–H and O–H groups in total. The molecule has 0 aliphatic carbocycles. The van der Waals surface area contributed by atoms with Gasteiger partial charge in [0.1, 0.15) is 13.2 Å². The molecule has 0 aliphatic rings. The summed E-state index contributed by atoms with van der Waals surface area (Å²) in [5, 5.41) is 0. The lowest BCUT2D eigenvalue weighted by atomic mass is 10.1. The summed E-state index contributed by atoms with van der Waals surface area (Å²) in [6.07, 6.45) is 96.6. The maximum atomic E-state index is 12.9. The van der Waals surface area contributed by atoms with Crippen LogP contribution in [0.15, 0.2) is 170 Å². The van der Waals surface area contributed by atoms with Gasteiger partial charge in [-0.2, -0.15) is 0 Å². The van der Waals surface area contributed by atoms with Crippen LogP contribution in [0.2, 0.25) is 0 Å². The van der Waals surface area contributed by atoms with Gasteiger partial charge >= 0.3 is 17.9 Å². The number of hydrogen-bond acceptors (Lipinski definition) is 6. The lowest BCUT2D eigenvalue weighted by Crippen LogP contribution is -2.30. The van der Waals surface area contributed by atoms with E-state index in [1.54, 1.807) is 0 Å². The highest BCUT2D eigenvalue weighted by atomic mass is 16.6. The molecule has 0 bridgehead atoms. The molecule has 442 valence electrons. The van der Waals surface area contributed by atoms with Gasteiger partial charge in [-0.05, 0) is 135 Å². The summed E-state index contributed by atoms with van der Waals surface area (Å²) in [6, 6.07) is 0. The molecule has 0 aromatic carbocycles. The van der Waals surface area contributed by atoms with E-state index in [2.05, 4.69) is 191 Å². The first kappa shape index (κ1) is 73.8. The third-order valence-electron chi connectivity index (χ3n) is 12.7. The zero-order valence-corrected chi connectivity index (χ0v) is 50.6. The minimum atomic E-state index is -0.807. The summed E-state index contributed by atoms with van der Waals surface area (Å²) in [7, 11) is 0. The van der Waals surface area contributed by atoms with Crippen molar-refractivity contribution < 1.29 is 28.6 Å². The minimum Gasteiger partial charge on any atom is -0.462 e. The molecule has 6 heteroatoms. The van der Waals surface area contributed by atoms with Gasteiger partial charge < -0.3 is 14.2 Å². The van der Waals surface area contributed by atoms with Crippen LogP contribution in [0.3, 0.4) is 0 Å². The van der Waals surface area contributed by atoms with E-state index in [-0.39, 0.29) is 37.5 Å². The van der Waals surface area contributed by atoms with Gasteiger partial charge in [0.2, 0.25) is 0 Å². The standard InChI is InChI=1S/C73H114O6/c1-4-7-10-13-16-18-20-22-24-26-28-30-32-34-35-36-37-39-40-42-44-46-48-50-52-54-57-60-63-66-72(75)78-69-70(68-77-71(74)65-62-59-56-15-12-9-6-3)79-73(76)67-64-61-58-55-53-51-49-47-45-43-41-38-33-31-29-27-25-23-21-19-17-14-11-8-5-2/h7-8,10-11,16-19,22-25,28-31,34-35,37-39,41-42,44-45,47,51,53,70H,4-6,9,12-15,20-21,26-27,32-33,36,40,43,46,48-50,52,54-69H2,1-3H3/b10-7-,11-8-,18-16-,19-17-,24-22-,25-23-,30-28-,31-29-,35-34-,39-37-,41-38-,44-42-,47-45-,53-51-. The summed E-state index contributed by atoms with van der Waals surface area (Å²) in [6.45, 7) is 6.32. The normalized spacial score (nSPS) is 13.3. The lowest BCUT2D eigenvalue weighted by Gasteiger charge is -2.18. The van der Waals surface area contributed by atoms with E-state index < -0.39 is 6.10 Å². The first-order valence-electron chi connectivity index (χ1n) is 31.6. The second kappa shape index (κ2) is 65.3. The Balaban J connectivity index is 4.29. The average molecular weight is 1090 g/mol. The molecule has 0 fully saturated rings. The van der Waals surface area contributed by atoms with Crippen LogP contribution >= 0.6 is 0 Å². The van der Waals surface area contributed by atoms with E-state index in [0.29, 0.717) is 19.3 Å². The van der Waals surface area contributed by atoms with Crippen LogP contribution in [0.4, 0.5) is 0 Å². The monoisotopic (exact) mass is 1090 g/mol. The van der Waals surface area contributed by atoms with Crippen molar-refractivity contribution in [3.8, 4) is 0 Å². The van der Waals surface area contributed by atoms with Gasteiger partial charge in [-0.15, -0.1) is 0 Å². The molecular formula is C73H114O6. The van der Waals surface area contributed by atoms with Crippen molar-refractivity contribution in [1.82, 2.24) is 0 Å². The maximum absolute atomic E-state index is 12.9. The van der Waals surface area contributed by atoms with Gasteiger partial charge in [-0.1, -0.05) is 268 Å². The quantitative estimate of drug-likeness (QED) is 0.0261. The van der Waals surface area contributed by atoms with Crippen LogP contribution < -0.4 is 0 Å². The van der Waals surface area contributed by atoms with Gasteiger partial charge in [0.15, 0.2) is 6.10 Å². The summed E-state index contributed by atoms with van der Waals surface area (Å²) in [5.41, 5.74) is 0. The van der Waals surface area contributed by atoms with Crippen molar-refractivity contribution in [2.24, 2.45) is 0 Å². The van der Waals surface area contributed by atoms with Gasteiger partial charge in [0.25, 0.3) is 0 Å². The highest BCUT2D eigenvalue weighted by Gasteiger charge is 2.19. The molecular weight excluding hydrogens is 973 g/mol. The van der Waals surface area contributed by atoms with Gasteiger partial charge in [0, 0.05) is 19.3 Å². The SMILES string of the molecule is CC/C=C\C/C=C\C/C=C\C/C=C\C/C=C\C/C=C\C/C=C\CCCCCCCCCC(=O)OCC(COC(=O)CCCCCCCCC)OC(=O)CCCCC/C=C\C/C=C\C/C=C\C/C=C\C/C=C\C/C=C\C/C=C\CC. The average Bonchev–Trinajstić information content (AvgIpc) is 3.45. The fourth-order valence-corrected chi connectivity index (χ4v) is 8.05. The highest BCUT2D eigenvalue weighted by molar-refractivity contribution is 5.71. The first-order chi connectivity index (χ1) is 39.0. The summed E-state index contributed by atoms with van der Waals surface area (Å²) in [5.74, 6) is -0.961. The molecule has 79 heavy (non-hydrogen) atoms. The fraction of sp³-hybridized carbons (Fsp3) is 0.575. The summed E-state index contributed by atoms with van der Waals surface area (Å²) >= 11 is 0. The topological polar surface area (TPSA) is 78.9 Å². The number of rotatable bonds is 55. The zero-order valence-electron chi connectivity index (χ0n) is 50.6. The van der Waals surface area contributed by atoms with Crippen molar-refractivity contribution >= 4 is 17.9 Å². The molecule has 0 rings (SSSR count). The summed E-state index contributed by atoms with van der Waals surface area (Å²) in [4.78, 5) is 38.1. The maximum Gasteiger partial charge on any atom is 0.306 e. The van der Waals surface area contributed by atoms with Crippen LogP contribution in [-0.2, 0) is 28.6 Å². The Morgan fingerprint density at radius 2 is 0.494 bits per heavy atom. The molecule has 1 atom stereocenters. The van der Waals surface area contributed by atoms with Crippen LogP contribution in [0, 0.1) is 0 Å². The predicted octanol–water partition coefficient (Wildman–Crippen LogP) is 21.9. The largest absolute Gasteiger partial charge is 0.462 e. The van der Waals surface area contributed by atoms with Crippen molar-refractivity contribution in [2.45, 2.75) is 258 Å². The second-order valence-corrected chi connectivity index (χ2v) is 20.2. The Morgan fingerprint density at radius 1 is 0.266 bits per heavy atom. The molecule has 0 aromatic rings. The van der Waals surface area contributed by atoms with Crippen molar-refractivity contribution in [2.75, 3.05) is 13.2 Å². The third-order valence-corrected chi connectivity index (χ3v) is 12.7.